The maximum atomic E-state index is 12.4. The van der Waals surface area contributed by atoms with Crippen molar-refractivity contribution in [1.29, 1.82) is 0 Å². The lowest BCUT2D eigenvalue weighted by Gasteiger charge is -2.24. The number of methoxy groups -OCH3 is 1. The van der Waals surface area contributed by atoms with Crippen LogP contribution in [-0.2, 0) is 4.79 Å². The Morgan fingerprint density at radius 2 is 1.92 bits per heavy atom. The third-order valence-electron chi connectivity index (χ3n) is 5.14. The van der Waals surface area contributed by atoms with Gasteiger partial charge in [0.2, 0.25) is 5.91 Å². The van der Waals surface area contributed by atoms with Gasteiger partial charge in [-0.05, 0) is 56.4 Å². The molecule has 2 aliphatic rings. The molecule has 1 saturated heterocycles. The first-order valence-electron chi connectivity index (χ1n) is 9.00. The van der Waals surface area contributed by atoms with Crippen LogP contribution in [0, 0.1) is 5.92 Å². The number of fused-ring (bicyclic) bond motifs is 1. The number of ether oxygens (including phenoxy) is 2. The van der Waals surface area contributed by atoms with E-state index in [1.165, 1.54) is 25.7 Å². The van der Waals surface area contributed by atoms with Crippen LogP contribution >= 0.6 is 12.4 Å². The van der Waals surface area contributed by atoms with Crippen molar-refractivity contribution >= 4 is 18.3 Å². The SMILES string of the molecule is COc1ccc(OC(C)CNC(=O)C2CC3CCCCC3N2)cc1.Cl. The van der Waals surface area contributed by atoms with E-state index in [-0.39, 0.29) is 30.5 Å². The van der Waals surface area contributed by atoms with Gasteiger partial charge in [0.1, 0.15) is 17.6 Å². The minimum Gasteiger partial charge on any atom is -0.497 e. The van der Waals surface area contributed by atoms with E-state index in [9.17, 15) is 4.79 Å². The van der Waals surface area contributed by atoms with Crippen LogP contribution in [0.4, 0.5) is 0 Å². The number of carbonyl (C=O) groups is 1. The van der Waals surface area contributed by atoms with Gasteiger partial charge in [-0.1, -0.05) is 12.8 Å². The summed E-state index contributed by atoms with van der Waals surface area (Å²) in [5.41, 5.74) is 0. The van der Waals surface area contributed by atoms with E-state index in [1.807, 2.05) is 31.2 Å². The number of halogens is 1. The summed E-state index contributed by atoms with van der Waals surface area (Å²) in [4.78, 5) is 12.4. The quantitative estimate of drug-likeness (QED) is 0.810. The van der Waals surface area contributed by atoms with Gasteiger partial charge in [0, 0.05) is 6.04 Å². The molecule has 0 spiro atoms. The van der Waals surface area contributed by atoms with Gasteiger partial charge in [-0.15, -0.1) is 12.4 Å². The highest BCUT2D eigenvalue weighted by Crippen LogP contribution is 2.33. The Bertz CT molecular complexity index is 538. The summed E-state index contributed by atoms with van der Waals surface area (Å²) < 4.78 is 11.0. The lowest BCUT2D eigenvalue weighted by Crippen LogP contribution is -2.45. The van der Waals surface area contributed by atoms with Gasteiger partial charge in [-0.25, -0.2) is 0 Å². The second-order valence-corrected chi connectivity index (χ2v) is 6.96. The molecule has 1 aliphatic carbocycles. The van der Waals surface area contributed by atoms with Crippen LogP contribution < -0.4 is 20.1 Å². The topological polar surface area (TPSA) is 59.6 Å². The molecule has 4 unspecified atom stereocenters. The minimum atomic E-state index is -0.0778. The smallest absolute Gasteiger partial charge is 0.237 e. The Kier molecular flexibility index (Phi) is 7.38. The Balaban J connectivity index is 0.00000225. The summed E-state index contributed by atoms with van der Waals surface area (Å²) in [5.74, 6) is 2.37. The van der Waals surface area contributed by atoms with Crippen molar-refractivity contribution in [2.24, 2.45) is 5.92 Å². The lowest BCUT2D eigenvalue weighted by molar-refractivity contribution is -0.123. The zero-order valence-corrected chi connectivity index (χ0v) is 15.8. The van der Waals surface area contributed by atoms with Gasteiger partial charge in [0.25, 0.3) is 0 Å². The molecule has 5 nitrogen and oxygen atoms in total. The zero-order valence-electron chi connectivity index (χ0n) is 15.0. The predicted octanol–water partition coefficient (Wildman–Crippen LogP) is 2.92. The molecule has 0 bridgehead atoms. The standard InChI is InChI=1S/C19H28N2O3.ClH/c1-13(24-16-9-7-15(23-2)8-10-16)12-20-19(22)18-11-14-5-3-4-6-17(14)21-18;/h7-10,13-14,17-18,21H,3-6,11-12H2,1-2H3,(H,20,22);1H. The molecule has 6 heteroatoms. The number of nitrogens with one attached hydrogen (secondary N) is 2. The molecule has 1 aromatic rings. The molecule has 2 N–H and O–H groups in total. The Morgan fingerprint density at radius 3 is 2.60 bits per heavy atom. The first kappa shape index (κ1) is 19.9. The molecular formula is C19H29ClN2O3. The molecule has 0 radical (unpaired) electrons. The van der Waals surface area contributed by atoms with Crippen molar-refractivity contribution in [2.45, 2.75) is 57.2 Å². The van der Waals surface area contributed by atoms with E-state index in [2.05, 4.69) is 10.6 Å². The number of benzene rings is 1. The van der Waals surface area contributed by atoms with E-state index in [1.54, 1.807) is 7.11 Å². The highest BCUT2D eigenvalue weighted by molar-refractivity contribution is 5.85. The van der Waals surface area contributed by atoms with Crippen LogP contribution in [0.3, 0.4) is 0 Å². The maximum absolute atomic E-state index is 12.4. The summed E-state index contributed by atoms with van der Waals surface area (Å²) in [6.07, 6.45) is 5.97. The van der Waals surface area contributed by atoms with Gasteiger partial charge in [0.05, 0.1) is 19.7 Å². The Labute approximate surface area is 156 Å². The van der Waals surface area contributed by atoms with Crippen LogP contribution in [-0.4, -0.2) is 37.7 Å². The van der Waals surface area contributed by atoms with E-state index in [4.69, 9.17) is 9.47 Å². The molecule has 1 aliphatic heterocycles. The fraction of sp³-hybridized carbons (Fsp3) is 0.632. The molecule has 1 aromatic carbocycles. The van der Waals surface area contributed by atoms with E-state index in [0.717, 1.165) is 17.9 Å². The summed E-state index contributed by atoms with van der Waals surface area (Å²) in [6, 6.07) is 7.99. The molecule has 0 aromatic heterocycles. The molecule has 1 heterocycles. The van der Waals surface area contributed by atoms with Gasteiger partial charge in [-0.2, -0.15) is 0 Å². The van der Waals surface area contributed by atoms with Gasteiger partial charge in [-0.3, -0.25) is 4.79 Å². The van der Waals surface area contributed by atoms with Crippen LogP contribution in [0.25, 0.3) is 0 Å². The largest absolute Gasteiger partial charge is 0.497 e. The number of amides is 1. The predicted molar refractivity (Wildman–Crippen MR) is 101 cm³/mol. The average molecular weight is 369 g/mol. The highest BCUT2D eigenvalue weighted by Gasteiger charge is 2.38. The molecule has 3 rings (SSSR count). The molecular weight excluding hydrogens is 340 g/mol. The number of hydrogen-bond donors (Lipinski definition) is 2. The number of rotatable bonds is 6. The summed E-state index contributed by atoms with van der Waals surface area (Å²) in [6.45, 7) is 2.48. The molecule has 140 valence electrons. The van der Waals surface area contributed by atoms with E-state index in [0.29, 0.717) is 18.5 Å². The first-order chi connectivity index (χ1) is 11.7. The van der Waals surface area contributed by atoms with Crippen LogP contribution in [0.5, 0.6) is 11.5 Å². The van der Waals surface area contributed by atoms with Crippen LogP contribution in [0.2, 0.25) is 0 Å². The molecule has 1 saturated carbocycles. The summed E-state index contributed by atoms with van der Waals surface area (Å²) in [7, 11) is 1.64. The average Bonchev–Trinajstić information content (AvgIpc) is 3.04. The fourth-order valence-corrected chi connectivity index (χ4v) is 3.82. The van der Waals surface area contributed by atoms with E-state index < -0.39 is 0 Å². The maximum Gasteiger partial charge on any atom is 0.237 e. The van der Waals surface area contributed by atoms with Crippen molar-refractivity contribution in [2.75, 3.05) is 13.7 Å². The number of hydrogen-bond acceptors (Lipinski definition) is 4. The number of carbonyl (C=O) groups excluding carboxylic acids is 1. The Morgan fingerprint density at radius 1 is 1.24 bits per heavy atom. The van der Waals surface area contributed by atoms with E-state index >= 15 is 0 Å². The highest BCUT2D eigenvalue weighted by atomic mass is 35.5. The van der Waals surface area contributed by atoms with Crippen molar-refractivity contribution in [3.05, 3.63) is 24.3 Å². The minimum absolute atomic E-state index is 0. The van der Waals surface area contributed by atoms with Crippen LogP contribution in [0.15, 0.2) is 24.3 Å². The Hall–Kier alpha value is -1.46. The molecule has 25 heavy (non-hydrogen) atoms. The van der Waals surface area contributed by atoms with Crippen molar-refractivity contribution in [3.63, 3.8) is 0 Å². The molecule has 2 fully saturated rings. The summed E-state index contributed by atoms with van der Waals surface area (Å²) in [5, 5.41) is 6.54. The second-order valence-electron chi connectivity index (χ2n) is 6.96. The third-order valence-corrected chi connectivity index (χ3v) is 5.14. The second kappa shape index (κ2) is 9.30. The van der Waals surface area contributed by atoms with Gasteiger partial charge in [0.15, 0.2) is 0 Å². The van der Waals surface area contributed by atoms with Crippen molar-refractivity contribution < 1.29 is 14.3 Å². The van der Waals surface area contributed by atoms with Gasteiger partial charge >= 0.3 is 0 Å². The molecule has 1 amide bonds. The zero-order chi connectivity index (χ0) is 16.9. The molecule has 4 atom stereocenters. The fourth-order valence-electron chi connectivity index (χ4n) is 3.82. The van der Waals surface area contributed by atoms with Crippen molar-refractivity contribution in [3.8, 4) is 11.5 Å². The third kappa shape index (κ3) is 5.25. The van der Waals surface area contributed by atoms with Crippen molar-refractivity contribution in [1.82, 2.24) is 10.6 Å². The summed E-state index contributed by atoms with van der Waals surface area (Å²) >= 11 is 0. The lowest BCUT2D eigenvalue weighted by atomic mass is 9.85. The normalized spacial score (nSPS) is 26.1. The first-order valence-corrected chi connectivity index (χ1v) is 9.00. The van der Waals surface area contributed by atoms with Gasteiger partial charge < -0.3 is 20.1 Å². The monoisotopic (exact) mass is 368 g/mol. The van der Waals surface area contributed by atoms with Crippen LogP contribution in [0.1, 0.15) is 39.0 Å².